The van der Waals surface area contributed by atoms with Crippen molar-refractivity contribution >= 4 is 22.8 Å². The van der Waals surface area contributed by atoms with Gasteiger partial charge in [0, 0.05) is 10.9 Å². The first kappa shape index (κ1) is 20.5. The molecule has 0 bridgehead atoms. The van der Waals surface area contributed by atoms with Crippen molar-refractivity contribution in [1.29, 1.82) is 0 Å². The number of fused-ring (bicyclic) bond motifs is 1. The molecule has 0 aliphatic carbocycles. The average molecular weight is 374 g/mol. The third kappa shape index (κ3) is 4.48. The Hall–Kier alpha value is -2.83. The van der Waals surface area contributed by atoms with Crippen molar-refractivity contribution in [3.05, 3.63) is 39.2 Å². The van der Waals surface area contributed by atoms with Crippen LogP contribution < -0.4 is 20.8 Å². The molecule has 0 saturated carbocycles. The van der Waals surface area contributed by atoms with Crippen LogP contribution in [0, 0.1) is 13.8 Å². The lowest BCUT2D eigenvalue weighted by Gasteiger charge is -2.19. The van der Waals surface area contributed by atoms with E-state index in [0.717, 1.165) is 6.42 Å². The molecule has 0 radical (unpaired) electrons. The molecule has 0 aliphatic heterocycles. The summed E-state index contributed by atoms with van der Waals surface area (Å²) in [6, 6.07) is 2.47. The molecule has 0 fully saturated rings. The average Bonchev–Trinajstić information content (AvgIpc) is 2.62. The second kappa shape index (κ2) is 8.70. The maximum Gasteiger partial charge on any atom is 0.340 e. The minimum Gasteiger partial charge on any atom is -0.548 e. The number of rotatable bonds is 8. The Bertz CT molecular complexity index is 915. The summed E-state index contributed by atoms with van der Waals surface area (Å²) in [7, 11) is 1.53. The van der Waals surface area contributed by atoms with E-state index < -0.39 is 23.5 Å². The minimum absolute atomic E-state index is 0.206. The van der Waals surface area contributed by atoms with E-state index in [0.29, 0.717) is 34.3 Å². The van der Waals surface area contributed by atoms with Crippen molar-refractivity contribution in [3.8, 4) is 5.75 Å². The van der Waals surface area contributed by atoms with Gasteiger partial charge in [-0.25, -0.2) is 4.79 Å². The molecule has 0 aliphatic rings. The molecule has 1 heterocycles. The Morgan fingerprint density at radius 2 is 1.96 bits per heavy atom. The molecule has 2 aromatic rings. The Kier molecular flexibility index (Phi) is 6.60. The zero-order chi connectivity index (χ0) is 20.1. The minimum atomic E-state index is -1.33. The molecule has 0 spiro atoms. The first-order valence-electron chi connectivity index (χ1n) is 8.90. The van der Waals surface area contributed by atoms with E-state index in [9.17, 15) is 19.5 Å². The first-order valence-corrected chi connectivity index (χ1v) is 8.90. The summed E-state index contributed by atoms with van der Waals surface area (Å²) in [4.78, 5) is 35.9. The Labute approximate surface area is 157 Å². The van der Waals surface area contributed by atoms with Crippen molar-refractivity contribution in [2.45, 2.75) is 52.5 Å². The van der Waals surface area contributed by atoms with E-state index in [4.69, 9.17) is 9.15 Å². The largest absolute Gasteiger partial charge is 0.548 e. The lowest BCUT2D eigenvalue weighted by molar-refractivity contribution is -0.308. The van der Waals surface area contributed by atoms with Crippen molar-refractivity contribution in [3.63, 3.8) is 0 Å². The highest BCUT2D eigenvalue weighted by molar-refractivity contribution is 5.88. The molecule has 7 nitrogen and oxygen atoms in total. The van der Waals surface area contributed by atoms with Gasteiger partial charge in [0.2, 0.25) is 5.91 Å². The SMILES string of the molecule is CCCC[C@H](NC(=O)Cc1c(C)c2ccc(OC)c(C)c2oc1=O)C(=O)[O-]. The van der Waals surface area contributed by atoms with Gasteiger partial charge in [-0.05, 0) is 38.0 Å². The van der Waals surface area contributed by atoms with Crippen LogP contribution in [0.2, 0.25) is 0 Å². The van der Waals surface area contributed by atoms with Crippen molar-refractivity contribution < 1.29 is 23.8 Å². The quantitative estimate of drug-likeness (QED) is 0.700. The zero-order valence-electron chi connectivity index (χ0n) is 16.0. The molecule has 1 aromatic heterocycles. The summed E-state index contributed by atoms with van der Waals surface area (Å²) in [6.45, 7) is 5.45. The third-order valence-corrected chi connectivity index (χ3v) is 4.68. The predicted molar refractivity (Wildman–Crippen MR) is 98.7 cm³/mol. The van der Waals surface area contributed by atoms with Gasteiger partial charge in [0.25, 0.3) is 0 Å². The van der Waals surface area contributed by atoms with E-state index in [1.807, 2.05) is 6.92 Å². The summed E-state index contributed by atoms with van der Waals surface area (Å²) in [5.41, 5.74) is 1.32. The highest BCUT2D eigenvalue weighted by atomic mass is 16.5. The molecular formula is C20H24NO6-. The molecule has 0 saturated heterocycles. The number of amides is 1. The monoisotopic (exact) mass is 374 g/mol. The molecule has 7 heteroatoms. The van der Waals surface area contributed by atoms with Crippen LogP contribution in [0.4, 0.5) is 0 Å². The lowest BCUT2D eigenvalue weighted by atomic mass is 10.0. The molecule has 0 unspecified atom stereocenters. The van der Waals surface area contributed by atoms with Gasteiger partial charge in [-0.3, -0.25) is 4.79 Å². The summed E-state index contributed by atoms with van der Waals surface area (Å²) < 4.78 is 10.7. The number of unbranched alkanes of at least 4 members (excludes halogenated alkanes) is 1. The fraction of sp³-hybridized carbons (Fsp3) is 0.450. The number of carbonyl (C=O) groups excluding carboxylic acids is 2. The van der Waals surface area contributed by atoms with Gasteiger partial charge in [-0.2, -0.15) is 0 Å². The Balaban J connectivity index is 2.32. The first-order chi connectivity index (χ1) is 12.8. The topological polar surface area (TPSA) is 109 Å². The van der Waals surface area contributed by atoms with Crippen LogP contribution >= 0.6 is 0 Å². The predicted octanol–water partition coefficient (Wildman–Crippen LogP) is 1.39. The van der Waals surface area contributed by atoms with Gasteiger partial charge in [-0.15, -0.1) is 0 Å². The maximum atomic E-state index is 12.4. The van der Waals surface area contributed by atoms with Crippen molar-refractivity contribution in [2.75, 3.05) is 7.11 Å². The lowest BCUT2D eigenvalue weighted by Crippen LogP contribution is -2.48. The number of ether oxygens (including phenoxy) is 1. The zero-order valence-corrected chi connectivity index (χ0v) is 16.0. The fourth-order valence-corrected chi connectivity index (χ4v) is 3.06. The number of benzene rings is 1. The van der Waals surface area contributed by atoms with E-state index in [-0.39, 0.29) is 18.4 Å². The number of methoxy groups -OCH3 is 1. The normalized spacial score (nSPS) is 12.0. The summed E-state index contributed by atoms with van der Waals surface area (Å²) in [5.74, 6) is -1.29. The number of carboxylic acids is 1. The summed E-state index contributed by atoms with van der Waals surface area (Å²) in [6.07, 6.45) is 1.48. The highest BCUT2D eigenvalue weighted by Crippen LogP contribution is 2.29. The molecule has 146 valence electrons. The van der Waals surface area contributed by atoms with E-state index in [1.54, 1.807) is 26.0 Å². The van der Waals surface area contributed by atoms with Crippen LogP contribution in [0.5, 0.6) is 5.75 Å². The number of carbonyl (C=O) groups is 2. The standard InChI is InChI=1S/C20H25NO6/c1-5-6-7-15(19(23)24)21-17(22)10-14-11(2)13-8-9-16(26-4)12(3)18(13)27-20(14)25/h8-9,15H,5-7,10H2,1-4H3,(H,21,22)(H,23,24)/p-1/t15-/m0/s1. The number of carboxylic acid groups (broad SMARTS) is 1. The van der Waals surface area contributed by atoms with Crippen LogP contribution in [0.25, 0.3) is 11.0 Å². The fourth-order valence-electron chi connectivity index (χ4n) is 3.06. The molecule has 1 amide bonds. The number of aryl methyl sites for hydroxylation is 2. The van der Waals surface area contributed by atoms with E-state index >= 15 is 0 Å². The van der Waals surface area contributed by atoms with Gasteiger partial charge in [0.15, 0.2) is 0 Å². The second-order valence-corrected chi connectivity index (χ2v) is 6.52. The maximum absolute atomic E-state index is 12.4. The van der Waals surface area contributed by atoms with E-state index in [1.165, 1.54) is 7.11 Å². The summed E-state index contributed by atoms with van der Waals surface area (Å²) >= 11 is 0. The van der Waals surface area contributed by atoms with Crippen LogP contribution in [0.15, 0.2) is 21.3 Å². The smallest absolute Gasteiger partial charge is 0.340 e. The summed E-state index contributed by atoms with van der Waals surface area (Å²) in [5, 5.41) is 14.3. The third-order valence-electron chi connectivity index (χ3n) is 4.68. The molecule has 1 aromatic carbocycles. The highest BCUT2D eigenvalue weighted by Gasteiger charge is 2.19. The molecule has 2 rings (SSSR count). The van der Waals surface area contributed by atoms with Crippen molar-refractivity contribution in [1.82, 2.24) is 5.32 Å². The van der Waals surface area contributed by atoms with Crippen LogP contribution in [0.1, 0.15) is 42.9 Å². The molecular weight excluding hydrogens is 350 g/mol. The van der Waals surface area contributed by atoms with Gasteiger partial charge in [-0.1, -0.05) is 19.8 Å². The molecule has 27 heavy (non-hydrogen) atoms. The van der Waals surface area contributed by atoms with Crippen LogP contribution in [-0.2, 0) is 16.0 Å². The molecule has 1 N–H and O–H groups in total. The Morgan fingerprint density at radius 3 is 2.56 bits per heavy atom. The van der Waals surface area contributed by atoms with Crippen molar-refractivity contribution in [2.24, 2.45) is 0 Å². The number of nitrogens with one attached hydrogen (secondary N) is 1. The number of hydrogen-bond donors (Lipinski definition) is 1. The van der Waals surface area contributed by atoms with Gasteiger partial charge in [0.05, 0.1) is 31.1 Å². The number of aliphatic carboxylic acids is 1. The van der Waals surface area contributed by atoms with Crippen LogP contribution in [-0.4, -0.2) is 25.0 Å². The van der Waals surface area contributed by atoms with Gasteiger partial charge < -0.3 is 24.4 Å². The number of hydrogen-bond acceptors (Lipinski definition) is 6. The van der Waals surface area contributed by atoms with Gasteiger partial charge in [0.1, 0.15) is 11.3 Å². The Morgan fingerprint density at radius 1 is 1.26 bits per heavy atom. The molecule has 1 atom stereocenters. The van der Waals surface area contributed by atoms with E-state index in [2.05, 4.69) is 5.32 Å². The van der Waals surface area contributed by atoms with Gasteiger partial charge >= 0.3 is 5.63 Å². The second-order valence-electron chi connectivity index (χ2n) is 6.52. The van der Waals surface area contributed by atoms with Crippen LogP contribution in [0.3, 0.4) is 0 Å².